The molecule has 1 aliphatic heterocycles. The molecule has 0 bridgehead atoms. The topological polar surface area (TPSA) is 61.9 Å². The van der Waals surface area contributed by atoms with Gasteiger partial charge >= 0.3 is 6.09 Å². The van der Waals surface area contributed by atoms with Gasteiger partial charge in [-0.3, -0.25) is 4.79 Å². The van der Waals surface area contributed by atoms with E-state index in [9.17, 15) is 9.59 Å². The fourth-order valence-corrected chi connectivity index (χ4v) is 3.66. The van der Waals surface area contributed by atoms with Crippen LogP contribution in [-0.2, 0) is 11.3 Å². The lowest BCUT2D eigenvalue weighted by Crippen LogP contribution is -2.49. The third-order valence-corrected chi connectivity index (χ3v) is 5.52. The van der Waals surface area contributed by atoms with Crippen LogP contribution < -0.4 is 10.2 Å². The van der Waals surface area contributed by atoms with E-state index in [0.717, 1.165) is 18.7 Å². The molecule has 2 aromatic rings. The van der Waals surface area contributed by atoms with Crippen molar-refractivity contribution < 1.29 is 14.3 Å². The Bertz CT molecular complexity index is 924. The number of piperazine rings is 1. The minimum Gasteiger partial charge on any atom is -0.444 e. The number of nitrogens with one attached hydrogen (secondary N) is 1. The smallest absolute Gasteiger partial charge is 0.407 e. The van der Waals surface area contributed by atoms with Crippen molar-refractivity contribution in [2.45, 2.75) is 46.8 Å². The van der Waals surface area contributed by atoms with Crippen LogP contribution in [0, 0.1) is 13.8 Å². The minimum absolute atomic E-state index is 0.0484. The number of ether oxygens (including phenoxy) is 1. The van der Waals surface area contributed by atoms with Gasteiger partial charge in [-0.25, -0.2) is 4.79 Å². The van der Waals surface area contributed by atoms with Crippen LogP contribution in [0.25, 0.3) is 0 Å². The highest BCUT2D eigenvalue weighted by Crippen LogP contribution is 2.24. The van der Waals surface area contributed by atoms with Crippen LogP contribution in [-0.4, -0.2) is 48.7 Å². The van der Waals surface area contributed by atoms with Crippen molar-refractivity contribution in [3.05, 3.63) is 64.7 Å². The molecule has 0 aliphatic carbocycles. The summed E-state index contributed by atoms with van der Waals surface area (Å²) in [5.74, 6) is 0.0484. The molecule has 0 spiro atoms. The van der Waals surface area contributed by atoms with Gasteiger partial charge in [0.1, 0.15) is 5.60 Å². The second-order valence-electron chi connectivity index (χ2n) is 9.05. The first-order chi connectivity index (χ1) is 14.6. The summed E-state index contributed by atoms with van der Waals surface area (Å²) in [4.78, 5) is 29.0. The average Bonchev–Trinajstić information content (AvgIpc) is 2.73. The molecule has 0 atom stereocenters. The Morgan fingerprint density at radius 1 is 0.968 bits per heavy atom. The Morgan fingerprint density at radius 2 is 1.61 bits per heavy atom. The number of amides is 2. The van der Waals surface area contributed by atoms with Gasteiger partial charge in [0, 0.05) is 44.0 Å². The number of alkyl carbamates (subject to hydrolysis) is 1. The third kappa shape index (κ3) is 6.00. The molecule has 1 saturated heterocycles. The molecule has 1 N–H and O–H groups in total. The van der Waals surface area contributed by atoms with E-state index < -0.39 is 11.7 Å². The highest BCUT2D eigenvalue weighted by Gasteiger charge is 2.23. The van der Waals surface area contributed by atoms with Gasteiger partial charge in [-0.2, -0.15) is 0 Å². The molecular formula is C25H33N3O3. The first kappa shape index (κ1) is 22.7. The van der Waals surface area contributed by atoms with Crippen molar-refractivity contribution in [2.75, 3.05) is 31.1 Å². The molecule has 1 fully saturated rings. The number of aryl methyl sites for hydroxylation is 1. The van der Waals surface area contributed by atoms with Gasteiger partial charge in [-0.1, -0.05) is 24.3 Å². The number of anilines is 1. The molecule has 2 aromatic carbocycles. The molecule has 0 radical (unpaired) electrons. The van der Waals surface area contributed by atoms with Crippen LogP contribution in [0.3, 0.4) is 0 Å². The number of nitrogens with zero attached hydrogens (tertiary/aromatic N) is 2. The fourth-order valence-electron chi connectivity index (χ4n) is 3.66. The van der Waals surface area contributed by atoms with Crippen LogP contribution in [0.1, 0.15) is 47.8 Å². The van der Waals surface area contributed by atoms with Gasteiger partial charge in [0.2, 0.25) is 0 Å². The van der Waals surface area contributed by atoms with E-state index in [1.54, 1.807) is 0 Å². The molecule has 6 nitrogen and oxygen atoms in total. The molecule has 6 heteroatoms. The minimum atomic E-state index is -0.525. The van der Waals surface area contributed by atoms with Crippen molar-refractivity contribution in [3.8, 4) is 0 Å². The summed E-state index contributed by atoms with van der Waals surface area (Å²) in [6.07, 6.45) is -0.450. The van der Waals surface area contributed by atoms with Gasteiger partial charge in [0.15, 0.2) is 0 Å². The standard InChI is InChI=1S/C25H33N3O3/c1-18-7-6-8-22(19(18)2)27-13-15-28(16-14-27)23(29)21-11-9-20(10-12-21)17-26-24(30)31-25(3,4)5/h6-12H,13-17H2,1-5H3,(H,26,30). The number of hydrogen-bond donors (Lipinski definition) is 1. The largest absolute Gasteiger partial charge is 0.444 e. The maximum absolute atomic E-state index is 12.9. The molecule has 0 unspecified atom stereocenters. The summed E-state index contributed by atoms with van der Waals surface area (Å²) in [6, 6.07) is 13.8. The molecule has 166 valence electrons. The average molecular weight is 424 g/mol. The van der Waals surface area contributed by atoms with Gasteiger partial charge < -0.3 is 19.9 Å². The molecule has 1 heterocycles. The normalized spacial score (nSPS) is 14.4. The zero-order valence-corrected chi connectivity index (χ0v) is 19.2. The van der Waals surface area contributed by atoms with Crippen LogP contribution in [0.5, 0.6) is 0 Å². The summed E-state index contributed by atoms with van der Waals surface area (Å²) >= 11 is 0. The molecule has 31 heavy (non-hydrogen) atoms. The van der Waals surface area contributed by atoms with Gasteiger partial charge in [0.05, 0.1) is 0 Å². The number of carbonyl (C=O) groups is 2. The van der Waals surface area contributed by atoms with Gasteiger partial charge in [-0.05, 0) is 69.5 Å². The quantitative estimate of drug-likeness (QED) is 0.797. The maximum atomic E-state index is 12.9. The zero-order chi connectivity index (χ0) is 22.6. The summed E-state index contributed by atoms with van der Waals surface area (Å²) in [5, 5.41) is 2.73. The van der Waals surface area contributed by atoms with Crippen LogP contribution >= 0.6 is 0 Å². The molecular weight excluding hydrogens is 390 g/mol. The van der Waals surface area contributed by atoms with Crippen molar-refractivity contribution in [3.63, 3.8) is 0 Å². The fraction of sp³-hybridized carbons (Fsp3) is 0.440. The highest BCUT2D eigenvalue weighted by molar-refractivity contribution is 5.94. The second kappa shape index (κ2) is 9.41. The van der Waals surface area contributed by atoms with Gasteiger partial charge in [0.25, 0.3) is 5.91 Å². The van der Waals surface area contributed by atoms with E-state index in [1.807, 2.05) is 49.9 Å². The first-order valence-corrected chi connectivity index (χ1v) is 10.8. The molecule has 0 aromatic heterocycles. The predicted molar refractivity (Wildman–Crippen MR) is 124 cm³/mol. The summed E-state index contributed by atoms with van der Waals surface area (Å²) in [6.45, 7) is 13.2. The number of rotatable bonds is 4. The van der Waals surface area contributed by atoms with Gasteiger partial charge in [-0.15, -0.1) is 0 Å². The lowest BCUT2D eigenvalue weighted by atomic mass is 10.1. The van der Waals surface area contributed by atoms with Crippen LogP contribution in [0.2, 0.25) is 0 Å². The summed E-state index contributed by atoms with van der Waals surface area (Å²) < 4.78 is 5.24. The first-order valence-electron chi connectivity index (χ1n) is 10.8. The van der Waals surface area contributed by atoms with E-state index in [4.69, 9.17) is 4.74 Å². The van der Waals surface area contributed by atoms with E-state index in [0.29, 0.717) is 25.2 Å². The maximum Gasteiger partial charge on any atom is 0.407 e. The monoisotopic (exact) mass is 423 g/mol. The predicted octanol–water partition coefficient (Wildman–Crippen LogP) is 4.29. The number of carbonyl (C=O) groups excluding carboxylic acids is 2. The number of hydrogen-bond acceptors (Lipinski definition) is 4. The van der Waals surface area contributed by atoms with E-state index in [2.05, 4.69) is 42.3 Å². The Kier molecular flexibility index (Phi) is 6.88. The van der Waals surface area contributed by atoms with Crippen molar-refractivity contribution in [2.24, 2.45) is 0 Å². The van der Waals surface area contributed by atoms with E-state index in [1.165, 1.54) is 16.8 Å². The van der Waals surface area contributed by atoms with E-state index in [-0.39, 0.29) is 5.91 Å². The number of benzene rings is 2. The lowest BCUT2D eigenvalue weighted by molar-refractivity contribution is 0.0523. The Hall–Kier alpha value is -3.02. The Morgan fingerprint density at radius 3 is 2.23 bits per heavy atom. The van der Waals surface area contributed by atoms with Crippen molar-refractivity contribution in [1.82, 2.24) is 10.2 Å². The molecule has 1 aliphatic rings. The van der Waals surface area contributed by atoms with E-state index >= 15 is 0 Å². The third-order valence-electron chi connectivity index (χ3n) is 5.52. The summed E-state index contributed by atoms with van der Waals surface area (Å²) in [7, 11) is 0. The molecule has 3 rings (SSSR count). The van der Waals surface area contributed by atoms with Crippen LogP contribution in [0.15, 0.2) is 42.5 Å². The molecule has 0 saturated carbocycles. The Labute approximate surface area is 185 Å². The second-order valence-corrected chi connectivity index (χ2v) is 9.05. The van der Waals surface area contributed by atoms with Crippen LogP contribution in [0.4, 0.5) is 10.5 Å². The SMILES string of the molecule is Cc1cccc(N2CCN(C(=O)c3ccc(CNC(=O)OC(C)(C)C)cc3)CC2)c1C. The zero-order valence-electron chi connectivity index (χ0n) is 19.2. The highest BCUT2D eigenvalue weighted by atomic mass is 16.6. The Balaban J connectivity index is 1.53. The van der Waals surface area contributed by atoms with Crippen molar-refractivity contribution >= 4 is 17.7 Å². The summed E-state index contributed by atoms with van der Waals surface area (Å²) in [5.41, 5.74) is 4.91. The van der Waals surface area contributed by atoms with Crippen molar-refractivity contribution in [1.29, 1.82) is 0 Å². The lowest BCUT2D eigenvalue weighted by Gasteiger charge is -2.37. The molecule has 2 amide bonds.